The van der Waals surface area contributed by atoms with Crippen molar-refractivity contribution in [1.82, 2.24) is 14.7 Å². The first-order valence-electron chi connectivity index (χ1n) is 11.0. The highest BCUT2D eigenvalue weighted by atomic mass is 16.3. The Morgan fingerprint density at radius 1 is 0.852 bits per heavy atom. The van der Waals surface area contributed by atoms with Crippen LogP contribution in [0.5, 0.6) is 0 Å². The number of likely N-dealkylation sites (N-methyl/N-ethyl adjacent to an activating group) is 1. The van der Waals surface area contributed by atoms with E-state index in [4.69, 9.17) is 0 Å². The Hall–Kier alpha value is -0.940. The fraction of sp³-hybridized carbons (Fsp3) is 0.739. The average Bonchev–Trinajstić information content (AvgIpc) is 3.16. The van der Waals surface area contributed by atoms with Gasteiger partial charge >= 0.3 is 0 Å². The normalized spacial score (nSPS) is 30.1. The lowest BCUT2D eigenvalue weighted by Crippen LogP contribution is -2.45. The van der Waals surface area contributed by atoms with E-state index in [2.05, 4.69) is 47.6 Å². The number of aliphatic hydroxyl groups excluding tert-OH is 1. The molecule has 2 aliphatic heterocycles. The standard InChI is InChI=1S/C23H37N3O/c1-4-24-5-7-25(8-6-24)13-19-9-17(2)10-20(18(19)3)14-26-15-21-11-23(27)12-22(21)16-26/h9-10,21-23,27H,4-8,11-16H2,1-3H3/t21-,22+,23?. The SMILES string of the molecule is CCN1CCN(Cc2cc(C)cc(CN3C[C@H]4CC(O)C[C@H]4C3)c2C)CC1. The van der Waals surface area contributed by atoms with Gasteiger partial charge in [-0.15, -0.1) is 0 Å². The fourth-order valence-electron chi connectivity index (χ4n) is 5.58. The van der Waals surface area contributed by atoms with Gasteiger partial charge in [0.15, 0.2) is 0 Å². The van der Waals surface area contributed by atoms with Crippen molar-refractivity contribution in [2.24, 2.45) is 11.8 Å². The van der Waals surface area contributed by atoms with Gasteiger partial charge in [-0.2, -0.15) is 0 Å². The monoisotopic (exact) mass is 371 g/mol. The summed E-state index contributed by atoms with van der Waals surface area (Å²) in [6.45, 7) is 17.3. The zero-order chi connectivity index (χ0) is 19.0. The lowest BCUT2D eigenvalue weighted by Gasteiger charge is -2.34. The van der Waals surface area contributed by atoms with E-state index in [0.717, 1.165) is 37.8 Å². The number of likely N-dealkylation sites (tertiary alicyclic amines) is 1. The lowest BCUT2D eigenvalue weighted by atomic mass is 9.98. The van der Waals surface area contributed by atoms with E-state index in [0.29, 0.717) is 0 Å². The zero-order valence-corrected chi connectivity index (χ0v) is 17.5. The van der Waals surface area contributed by atoms with Gasteiger partial charge in [-0.3, -0.25) is 9.80 Å². The molecule has 3 fully saturated rings. The second-order valence-corrected chi connectivity index (χ2v) is 9.26. The summed E-state index contributed by atoms with van der Waals surface area (Å²) in [6.07, 6.45) is 1.99. The lowest BCUT2D eigenvalue weighted by molar-refractivity contribution is 0.131. The Balaban J connectivity index is 1.40. The number of hydrogen-bond donors (Lipinski definition) is 1. The summed E-state index contributed by atoms with van der Waals surface area (Å²) in [4.78, 5) is 7.80. The van der Waals surface area contributed by atoms with Crippen molar-refractivity contribution in [3.05, 3.63) is 34.4 Å². The second kappa shape index (κ2) is 8.20. The third-order valence-electron chi connectivity index (χ3n) is 7.27. The van der Waals surface area contributed by atoms with Gasteiger partial charge in [0, 0.05) is 52.4 Å². The van der Waals surface area contributed by atoms with Crippen LogP contribution in [0, 0.1) is 25.7 Å². The van der Waals surface area contributed by atoms with Crippen LogP contribution in [0.25, 0.3) is 0 Å². The minimum Gasteiger partial charge on any atom is -0.393 e. The van der Waals surface area contributed by atoms with Crippen molar-refractivity contribution in [1.29, 1.82) is 0 Å². The predicted octanol–water partition coefficient (Wildman–Crippen LogP) is 2.64. The fourth-order valence-corrected chi connectivity index (χ4v) is 5.58. The van der Waals surface area contributed by atoms with Gasteiger partial charge in [-0.05, 0) is 61.8 Å². The van der Waals surface area contributed by atoms with Gasteiger partial charge in [-0.25, -0.2) is 0 Å². The summed E-state index contributed by atoms with van der Waals surface area (Å²) in [5.41, 5.74) is 5.92. The van der Waals surface area contributed by atoms with Crippen LogP contribution < -0.4 is 0 Å². The largest absolute Gasteiger partial charge is 0.393 e. The van der Waals surface area contributed by atoms with Crippen LogP contribution in [0.1, 0.15) is 42.0 Å². The highest BCUT2D eigenvalue weighted by Gasteiger charge is 2.40. The third-order valence-corrected chi connectivity index (χ3v) is 7.27. The van der Waals surface area contributed by atoms with Gasteiger partial charge in [0.25, 0.3) is 0 Å². The molecular formula is C23H37N3O. The third kappa shape index (κ3) is 4.40. The van der Waals surface area contributed by atoms with Gasteiger partial charge in [0.1, 0.15) is 0 Å². The molecule has 150 valence electrons. The molecule has 3 atom stereocenters. The molecule has 2 heterocycles. The molecular weight excluding hydrogens is 334 g/mol. The Bertz CT molecular complexity index is 639. The van der Waals surface area contributed by atoms with Gasteiger partial charge in [-0.1, -0.05) is 24.6 Å². The van der Waals surface area contributed by atoms with E-state index >= 15 is 0 Å². The summed E-state index contributed by atoms with van der Waals surface area (Å²) in [6, 6.07) is 4.80. The zero-order valence-electron chi connectivity index (χ0n) is 17.5. The molecule has 3 aliphatic rings. The maximum absolute atomic E-state index is 9.89. The summed E-state index contributed by atoms with van der Waals surface area (Å²) in [7, 11) is 0. The summed E-state index contributed by atoms with van der Waals surface area (Å²) < 4.78 is 0. The molecule has 1 saturated carbocycles. The Labute approximate surface area is 165 Å². The molecule has 4 rings (SSSR count). The molecule has 27 heavy (non-hydrogen) atoms. The minimum absolute atomic E-state index is 0.0392. The first kappa shape index (κ1) is 19.4. The van der Waals surface area contributed by atoms with Crippen LogP contribution in [0.15, 0.2) is 12.1 Å². The van der Waals surface area contributed by atoms with Crippen LogP contribution in [0.2, 0.25) is 0 Å². The quantitative estimate of drug-likeness (QED) is 0.862. The maximum atomic E-state index is 9.89. The first-order valence-corrected chi connectivity index (χ1v) is 11.0. The molecule has 4 heteroatoms. The molecule has 0 aromatic heterocycles. The Kier molecular flexibility index (Phi) is 5.89. The van der Waals surface area contributed by atoms with E-state index in [-0.39, 0.29) is 6.10 Å². The van der Waals surface area contributed by atoms with Crippen LogP contribution in [-0.2, 0) is 13.1 Å². The van der Waals surface area contributed by atoms with Crippen molar-refractivity contribution in [2.45, 2.75) is 52.8 Å². The van der Waals surface area contributed by atoms with Crippen molar-refractivity contribution in [3.63, 3.8) is 0 Å². The van der Waals surface area contributed by atoms with Crippen LogP contribution in [0.3, 0.4) is 0 Å². The number of nitrogens with zero attached hydrogens (tertiary/aromatic N) is 3. The molecule has 0 bridgehead atoms. The molecule has 0 amide bonds. The van der Waals surface area contributed by atoms with E-state index < -0.39 is 0 Å². The van der Waals surface area contributed by atoms with Crippen LogP contribution >= 0.6 is 0 Å². The molecule has 1 aliphatic carbocycles. The highest BCUT2D eigenvalue weighted by Crippen LogP contribution is 2.38. The predicted molar refractivity (Wildman–Crippen MR) is 111 cm³/mol. The number of aliphatic hydroxyl groups is 1. The summed E-state index contributed by atoms with van der Waals surface area (Å²) >= 11 is 0. The molecule has 1 N–H and O–H groups in total. The van der Waals surface area contributed by atoms with E-state index in [9.17, 15) is 5.11 Å². The minimum atomic E-state index is -0.0392. The molecule has 1 aromatic rings. The number of aryl methyl sites for hydroxylation is 1. The topological polar surface area (TPSA) is 30.0 Å². The van der Waals surface area contributed by atoms with Crippen LogP contribution in [0.4, 0.5) is 0 Å². The molecule has 0 spiro atoms. The van der Waals surface area contributed by atoms with Crippen molar-refractivity contribution in [2.75, 3.05) is 45.8 Å². The smallest absolute Gasteiger partial charge is 0.0546 e. The van der Waals surface area contributed by atoms with Gasteiger partial charge < -0.3 is 10.0 Å². The van der Waals surface area contributed by atoms with Crippen LogP contribution in [-0.4, -0.2) is 71.7 Å². The van der Waals surface area contributed by atoms with E-state index in [1.54, 1.807) is 0 Å². The molecule has 2 saturated heterocycles. The van der Waals surface area contributed by atoms with Gasteiger partial charge in [0.2, 0.25) is 0 Å². The molecule has 0 radical (unpaired) electrons. The van der Waals surface area contributed by atoms with E-state index in [1.807, 2.05) is 0 Å². The number of fused-ring (bicyclic) bond motifs is 1. The highest BCUT2D eigenvalue weighted by molar-refractivity contribution is 5.38. The van der Waals surface area contributed by atoms with Crippen molar-refractivity contribution >= 4 is 0 Å². The van der Waals surface area contributed by atoms with Gasteiger partial charge in [0.05, 0.1) is 6.10 Å². The second-order valence-electron chi connectivity index (χ2n) is 9.26. The first-order chi connectivity index (χ1) is 13.0. The molecule has 1 aromatic carbocycles. The average molecular weight is 372 g/mol. The number of piperazine rings is 1. The number of hydrogen-bond acceptors (Lipinski definition) is 4. The molecule has 4 nitrogen and oxygen atoms in total. The number of rotatable bonds is 5. The molecule has 1 unspecified atom stereocenters. The summed E-state index contributed by atoms with van der Waals surface area (Å²) in [5.74, 6) is 1.44. The Morgan fingerprint density at radius 2 is 1.37 bits per heavy atom. The van der Waals surface area contributed by atoms with E-state index in [1.165, 1.54) is 68.1 Å². The number of benzene rings is 1. The Morgan fingerprint density at radius 3 is 1.93 bits per heavy atom. The summed E-state index contributed by atoms with van der Waals surface area (Å²) in [5, 5.41) is 9.89. The van der Waals surface area contributed by atoms with Crippen molar-refractivity contribution in [3.8, 4) is 0 Å². The maximum Gasteiger partial charge on any atom is 0.0546 e. The van der Waals surface area contributed by atoms with Crippen molar-refractivity contribution < 1.29 is 5.11 Å².